The fourth-order valence-corrected chi connectivity index (χ4v) is 4.34. The number of nitrogens with zero attached hydrogens (tertiary/aromatic N) is 2. The molecule has 3 aromatic rings. The second kappa shape index (κ2) is 6.15. The maximum Gasteiger partial charge on any atom is 0.223 e. The third kappa shape index (κ3) is 3.51. The molecule has 0 aliphatic carbocycles. The smallest absolute Gasteiger partial charge is 0.223 e. The highest BCUT2D eigenvalue weighted by Gasteiger charge is 2.29. The zero-order valence-electron chi connectivity index (χ0n) is 14.5. The number of nitrogens with one attached hydrogen (secondary N) is 2. The van der Waals surface area contributed by atoms with Crippen LogP contribution in [0.4, 0.5) is 5.95 Å². The monoisotopic (exact) mass is 350 g/mol. The third-order valence-electron chi connectivity index (χ3n) is 4.50. The molecule has 2 N–H and O–H groups in total. The van der Waals surface area contributed by atoms with E-state index in [4.69, 9.17) is 4.98 Å². The van der Waals surface area contributed by atoms with E-state index in [1.807, 2.05) is 12.3 Å². The van der Waals surface area contributed by atoms with E-state index in [1.165, 1.54) is 10.1 Å². The van der Waals surface area contributed by atoms with Gasteiger partial charge in [0.25, 0.3) is 0 Å². The van der Waals surface area contributed by atoms with Gasteiger partial charge in [0.2, 0.25) is 5.95 Å². The molecule has 2 aromatic heterocycles. The first-order chi connectivity index (χ1) is 12.0. The van der Waals surface area contributed by atoms with Crippen molar-refractivity contribution in [3.8, 4) is 11.3 Å². The highest BCUT2D eigenvalue weighted by Crippen LogP contribution is 2.28. The van der Waals surface area contributed by atoms with Crippen LogP contribution in [0.3, 0.4) is 0 Å². The largest absolute Gasteiger partial charge is 0.384 e. The normalized spacial score (nSPS) is 19.6. The second-order valence-electron chi connectivity index (χ2n) is 7.30. The third-order valence-corrected chi connectivity index (χ3v) is 5.40. The van der Waals surface area contributed by atoms with Gasteiger partial charge in [0.1, 0.15) is 0 Å². The van der Waals surface area contributed by atoms with Gasteiger partial charge in [-0.25, -0.2) is 9.97 Å². The summed E-state index contributed by atoms with van der Waals surface area (Å²) in [7, 11) is 0. The number of hydrogen-bond donors (Lipinski definition) is 2. The van der Waals surface area contributed by atoms with E-state index >= 15 is 0 Å². The maximum absolute atomic E-state index is 4.73. The minimum absolute atomic E-state index is 0.0363. The van der Waals surface area contributed by atoms with Crippen LogP contribution in [-0.2, 0) is 0 Å². The van der Waals surface area contributed by atoms with Gasteiger partial charge in [-0.15, -0.1) is 11.3 Å². The van der Waals surface area contributed by atoms with Crippen molar-refractivity contribution in [1.82, 2.24) is 15.3 Å². The number of benzene rings is 1. The topological polar surface area (TPSA) is 49.8 Å². The number of aromatic nitrogens is 2. The minimum atomic E-state index is 0.0363. The fourth-order valence-electron chi connectivity index (χ4n) is 3.57. The molecular weight excluding hydrogens is 328 g/mol. The summed E-state index contributed by atoms with van der Waals surface area (Å²) in [6.45, 7) is 8.49. The van der Waals surface area contributed by atoms with Gasteiger partial charge in [0.05, 0.1) is 5.69 Å². The van der Waals surface area contributed by atoms with E-state index < -0.39 is 0 Å². The molecule has 1 aliphatic heterocycles. The molecule has 0 amide bonds. The molecule has 128 valence electrons. The lowest BCUT2D eigenvalue weighted by atomic mass is 9.88. The predicted molar refractivity (Wildman–Crippen MR) is 106 cm³/mol. The average molecular weight is 350 g/mol. The van der Waals surface area contributed by atoms with Crippen LogP contribution >= 0.6 is 11.3 Å². The van der Waals surface area contributed by atoms with Crippen molar-refractivity contribution in [3.05, 3.63) is 54.2 Å². The molecule has 0 bridgehead atoms. The lowest BCUT2D eigenvalue weighted by molar-refractivity contribution is 0.324. The van der Waals surface area contributed by atoms with Gasteiger partial charge in [0.15, 0.2) is 0 Å². The van der Waals surface area contributed by atoms with E-state index in [-0.39, 0.29) is 5.54 Å². The van der Waals surface area contributed by atoms with Crippen molar-refractivity contribution >= 4 is 27.4 Å². The standard InChI is InChI=1S/C20H22N4S/c1-13-10-16(12-20(2,3)24-13)22-19-21-8-6-17(23-19)14-4-5-18-15(11-14)7-9-25-18/h4-9,11,16,24H,1,10,12H2,2-3H3,(H,21,22,23). The van der Waals surface area contributed by atoms with Gasteiger partial charge in [-0.2, -0.15) is 0 Å². The molecule has 1 aliphatic rings. The molecule has 0 radical (unpaired) electrons. The Bertz CT molecular complexity index is 928. The minimum Gasteiger partial charge on any atom is -0.384 e. The Balaban J connectivity index is 1.58. The Labute approximate surface area is 152 Å². The summed E-state index contributed by atoms with van der Waals surface area (Å²) in [5.74, 6) is 0.679. The van der Waals surface area contributed by atoms with E-state index in [9.17, 15) is 0 Å². The van der Waals surface area contributed by atoms with Crippen LogP contribution in [0.15, 0.2) is 54.2 Å². The first kappa shape index (κ1) is 16.1. The Morgan fingerprint density at radius 1 is 1.28 bits per heavy atom. The highest BCUT2D eigenvalue weighted by molar-refractivity contribution is 7.17. The van der Waals surface area contributed by atoms with Gasteiger partial charge in [0, 0.05) is 40.2 Å². The highest BCUT2D eigenvalue weighted by atomic mass is 32.1. The molecule has 4 rings (SSSR count). The maximum atomic E-state index is 4.73. The molecule has 3 heterocycles. The van der Waals surface area contributed by atoms with E-state index in [2.05, 4.69) is 65.7 Å². The van der Waals surface area contributed by atoms with Crippen LogP contribution in [-0.4, -0.2) is 21.5 Å². The zero-order valence-corrected chi connectivity index (χ0v) is 15.4. The van der Waals surface area contributed by atoms with Crippen LogP contribution in [0.2, 0.25) is 0 Å². The quantitative estimate of drug-likeness (QED) is 0.711. The van der Waals surface area contributed by atoms with Crippen molar-refractivity contribution < 1.29 is 0 Å². The Hall–Kier alpha value is -2.40. The van der Waals surface area contributed by atoms with Crippen molar-refractivity contribution in [2.24, 2.45) is 0 Å². The summed E-state index contributed by atoms with van der Waals surface area (Å²) in [5, 5.41) is 10.3. The molecule has 4 nitrogen and oxygen atoms in total. The molecule has 1 aromatic carbocycles. The molecule has 0 spiro atoms. The molecule has 1 atom stereocenters. The van der Waals surface area contributed by atoms with Gasteiger partial charge in [-0.1, -0.05) is 12.6 Å². The Kier molecular flexibility index (Phi) is 3.96. The SMILES string of the molecule is C=C1CC(Nc2nccc(-c3ccc4sccc4c3)n2)CC(C)(C)N1. The lowest BCUT2D eigenvalue weighted by Gasteiger charge is -2.38. The predicted octanol–water partition coefficient (Wildman–Crippen LogP) is 4.81. The molecule has 1 fully saturated rings. The van der Waals surface area contributed by atoms with E-state index in [0.717, 1.165) is 29.8 Å². The molecule has 5 heteroatoms. The summed E-state index contributed by atoms with van der Waals surface area (Å²) in [6, 6.07) is 10.9. The molecule has 1 unspecified atom stereocenters. The fraction of sp³-hybridized carbons (Fsp3) is 0.300. The number of thiophene rings is 1. The number of anilines is 1. The number of fused-ring (bicyclic) bond motifs is 1. The summed E-state index contributed by atoms with van der Waals surface area (Å²) < 4.78 is 1.30. The summed E-state index contributed by atoms with van der Waals surface area (Å²) >= 11 is 1.76. The van der Waals surface area contributed by atoms with Gasteiger partial charge in [-0.05, 0) is 55.3 Å². The number of piperidine rings is 1. The number of hydrogen-bond acceptors (Lipinski definition) is 5. The summed E-state index contributed by atoms with van der Waals surface area (Å²) in [5.41, 5.74) is 3.16. The van der Waals surface area contributed by atoms with Gasteiger partial charge in [-0.3, -0.25) is 0 Å². The van der Waals surface area contributed by atoms with Crippen LogP contribution < -0.4 is 10.6 Å². The molecule has 1 saturated heterocycles. The van der Waals surface area contributed by atoms with Crippen LogP contribution in [0, 0.1) is 0 Å². The van der Waals surface area contributed by atoms with Crippen LogP contribution in [0.25, 0.3) is 21.3 Å². The summed E-state index contributed by atoms with van der Waals surface area (Å²) in [4.78, 5) is 9.15. The Morgan fingerprint density at radius 3 is 3.00 bits per heavy atom. The second-order valence-corrected chi connectivity index (χ2v) is 8.25. The van der Waals surface area contributed by atoms with Crippen molar-refractivity contribution in [1.29, 1.82) is 0 Å². The summed E-state index contributed by atoms with van der Waals surface area (Å²) in [6.07, 6.45) is 3.71. The average Bonchev–Trinajstić information content (AvgIpc) is 3.00. The van der Waals surface area contributed by atoms with Crippen molar-refractivity contribution in [2.45, 2.75) is 38.3 Å². The van der Waals surface area contributed by atoms with Crippen molar-refractivity contribution in [3.63, 3.8) is 0 Å². The van der Waals surface area contributed by atoms with Crippen molar-refractivity contribution in [2.75, 3.05) is 5.32 Å². The first-order valence-electron chi connectivity index (χ1n) is 8.52. The zero-order chi connectivity index (χ0) is 17.4. The molecule has 0 saturated carbocycles. The molecular formula is C20H22N4S. The first-order valence-corrected chi connectivity index (χ1v) is 9.40. The van der Waals surface area contributed by atoms with Crippen LogP contribution in [0.1, 0.15) is 26.7 Å². The number of rotatable bonds is 3. The lowest BCUT2D eigenvalue weighted by Crippen LogP contribution is -2.48. The Morgan fingerprint density at radius 2 is 2.16 bits per heavy atom. The van der Waals surface area contributed by atoms with Gasteiger partial charge < -0.3 is 10.6 Å². The van der Waals surface area contributed by atoms with Gasteiger partial charge >= 0.3 is 0 Å². The van der Waals surface area contributed by atoms with E-state index in [1.54, 1.807) is 11.3 Å². The van der Waals surface area contributed by atoms with Crippen LogP contribution in [0.5, 0.6) is 0 Å². The molecule has 25 heavy (non-hydrogen) atoms. The van der Waals surface area contributed by atoms with E-state index in [0.29, 0.717) is 12.0 Å².